The lowest BCUT2D eigenvalue weighted by molar-refractivity contribution is -0.898. The number of hydrogen-bond donors (Lipinski definition) is 1. The van der Waals surface area contributed by atoms with E-state index in [1.165, 1.54) is 6.20 Å². The molecule has 5 nitrogen and oxygen atoms in total. The van der Waals surface area contributed by atoms with E-state index in [0.29, 0.717) is 5.39 Å². The van der Waals surface area contributed by atoms with E-state index >= 15 is 0 Å². The number of hydrogen-bond acceptors (Lipinski definition) is 4. The second-order valence-corrected chi connectivity index (χ2v) is 5.42. The monoisotopic (exact) mass is 285 g/mol. The topological polar surface area (TPSA) is 60.7 Å². The molecule has 1 aromatic heterocycles. The summed E-state index contributed by atoms with van der Waals surface area (Å²) in [5.74, 6) is -0.295. The zero-order valence-corrected chi connectivity index (χ0v) is 12.1. The van der Waals surface area contributed by atoms with Gasteiger partial charge in [-0.3, -0.25) is 0 Å². The molecule has 0 bridgehead atoms. The molecule has 0 amide bonds. The van der Waals surface area contributed by atoms with E-state index in [1.807, 2.05) is 24.3 Å². The fourth-order valence-electron chi connectivity index (χ4n) is 2.98. The van der Waals surface area contributed by atoms with Crippen LogP contribution in [0.1, 0.15) is 17.3 Å². The molecule has 21 heavy (non-hydrogen) atoms. The second-order valence-electron chi connectivity index (χ2n) is 5.42. The number of pyridine rings is 1. The Balaban J connectivity index is 2.00. The van der Waals surface area contributed by atoms with Crippen LogP contribution < -0.4 is 14.9 Å². The zero-order valence-electron chi connectivity index (χ0n) is 12.1. The number of carboxylic acids is 1. The van der Waals surface area contributed by atoms with Crippen molar-refractivity contribution in [2.45, 2.75) is 6.92 Å². The first-order valence-corrected chi connectivity index (χ1v) is 7.38. The molecule has 0 unspecified atom stereocenters. The highest BCUT2D eigenvalue weighted by atomic mass is 16.4. The predicted molar refractivity (Wildman–Crippen MR) is 79.5 cm³/mol. The summed E-state index contributed by atoms with van der Waals surface area (Å²) in [6.07, 6.45) is 1.42. The van der Waals surface area contributed by atoms with Crippen molar-refractivity contribution in [3.05, 3.63) is 36.0 Å². The van der Waals surface area contributed by atoms with Crippen LogP contribution in [0.3, 0.4) is 0 Å². The number of carbonyl (C=O) groups is 1. The number of benzene rings is 1. The number of carboxylic acid groups (broad SMARTS) is 1. The number of likely N-dealkylation sites (N-methyl/N-ethyl adjacent to an activating group) is 1. The summed E-state index contributed by atoms with van der Waals surface area (Å²) in [7, 11) is 0. The lowest BCUT2D eigenvalue weighted by Crippen LogP contribution is -3.14. The largest absolute Gasteiger partial charge is 0.545 e. The number of piperazine rings is 1. The molecule has 0 radical (unpaired) electrons. The molecule has 2 heterocycles. The van der Waals surface area contributed by atoms with E-state index in [1.54, 1.807) is 4.90 Å². The number of aromatic carboxylic acids is 1. The molecule has 2 aromatic rings. The molecule has 1 N–H and O–H groups in total. The zero-order chi connectivity index (χ0) is 14.8. The van der Waals surface area contributed by atoms with Crippen molar-refractivity contribution < 1.29 is 14.8 Å². The Kier molecular flexibility index (Phi) is 3.75. The molecule has 1 saturated heterocycles. The Labute approximate surface area is 123 Å². The van der Waals surface area contributed by atoms with Crippen molar-refractivity contribution in [1.29, 1.82) is 0 Å². The maximum Gasteiger partial charge on any atom is 0.136 e. The van der Waals surface area contributed by atoms with Crippen LogP contribution in [-0.4, -0.2) is 43.7 Å². The van der Waals surface area contributed by atoms with Crippen LogP contribution in [0.25, 0.3) is 10.8 Å². The van der Waals surface area contributed by atoms with Gasteiger partial charge in [-0.1, -0.05) is 24.3 Å². The summed E-state index contributed by atoms with van der Waals surface area (Å²) < 4.78 is 0. The maximum atomic E-state index is 11.2. The normalized spacial score (nSPS) is 16.3. The van der Waals surface area contributed by atoms with Gasteiger partial charge in [0.25, 0.3) is 0 Å². The number of anilines is 1. The third-order valence-corrected chi connectivity index (χ3v) is 4.26. The maximum absolute atomic E-state index is 11.2. The number of nitrogens with one attached hydrogen (secondary N) is 1. The van der Waals surface area contributed by atoms with Crippen molar-refractivity contribution >= 4 is 22.6 Å². The molecule has 0 aliphatic carbocycles. The smallest absolute Gasteiger partial charge is 0.136 e. The Bertz CT molecular complexity index is 664. The Hall–Kier alpha value is -2.14. The fraction of sp³-hybridized carbons (Fsp3) is 0.375. The molecule has 110 valence electrons. The van der Waals surface area contributed by atoms with Gasteiger partial charge in [-0.15, -0.1) is 0 Å². The van der Waals surface area contributed by atoms with Gasteiger partial charge >= 0.3 is 0 Å². The Morgan fingerprint density at radius 2 is 1.95 bits per heavy atom. The number of nitrogens with zero attached hydrogens (tertiary/aromatic N) is 2. The minimum atomic E-state index is -1.18. The van der Waals surface area contributed by atoms with Gasteiger partial charge in [-0.25, -0.2) is 4.98 Å². The van der Waals surface area contributed by atoms with Gasteiger partial charge in [0.05, 0.1) is 38.7 Å². The molecule has 0 spiro atoms. The minimum Gasteiger partial charge on any atom is -0.545 e. The van der Waals surface area contributed by atoms with Gasteiger partial charge in [-0.05, 0) is 12.3 Å². The first kappa shape index (κ1) is 13.8. The van der Waals surface area contributed by atoms with E-state index in [2.05, 4.69) is 16.8 Å². The number of aromatic nitrogens is 1. The molecular formula is C16H19N3O2. The summed E-state index contributed by atoms with van der Waals surface area (Å²) in [5, 5.41) is 12.8. The third kappa shape index (κ3) is 2.56. The molecule has 1 aliphatic heterocycles. The van der Waals surface area contributed by atoms with Gasteiger partial charge in [0, 0.05) is 17.1 Å². The van der Waals surface area contributed by atoms with Crippen LogP contribution in [0.5, 0.6) is 0 Å². The first-order valence-electron chi connectivity index (χ1n) is 7.38. The van der Waals surface area contributed by atoms with E-state index in [4.69, 9.17) is 0 Å². The summed E-state index contributed by atoms with van der Waals surface area (Å²) >= 11 is 0. The van der Waals surface area contributed by atoms with Crippen molar-refractivity contribution in [3.8, 4) is 0 Å². The summed E-state index contributed by atoms with van der Waals surface area (Å²) in [6.45, 7) is 7.43. The predicted octanol–water partition coefficient (Wildman–Crippen LogP) is -0.677. The lowest BCUT2D eigenvalue weighted by atomic mass is 10.1. The van der Waals surface area contributed by atoms with Crippen molar-refractivity contribution in [2.75, 3.05) is 37.6 Å². The molecule has 0 atom stereocenters. The molecule has 1 aliphatic rings. The molecule has 3 rings (SSSR count). The summed E-state index contributed by atoms with van der Waals surface area (Å²) in [4.78, 5) is 19.5. The Morgan fingerprint density at radius 1 is 1.29 bits per heavy atom. The van der Waals surface area contributed by atoms with E-state index in [0.717, 1.165) is 43.9 Å². The van der Waals surface area contributed by atoms with Gasteiger partial charge in [0.2, 0.25) is 0 Å². The second kappa shape index (κ2) is 5.69. The number of carbonyl (C=O) groups excluding carboxylic acids is 1. The van der Waals surface area contributed by atoms with Crippen LogP contribution in [0, 0.1) is 0 Å². The van der Waals surface area contributed by atoms with Crippen molar-refractivity contribution in [2.24, 2.45) is 0 Å². The van der Waals surface area contributed by atoms with E-state index in [9.17, 15) is 9.90 Å². The first-order chi connectivity index (χ1) is 10.2. The van der Waals surface area contributed by atoms with Gasteiger partial charge < -0.3 is 19.7 Å². The van der Waals surface area contributed by atoms with E-state index in [-0.39, 0.29) is 5.56 Å². The number of fused-ring (bicyclic) bond motifs is 1. The third-order valence-electron chi connectivity index (χ3n) is 4.26. The van der Waals surface area contributed by atoms with Crippen LogP contribution in [0.2, 0.25) is 0 Å². The van der Waals surface area contributed by atoms with Crippen LogP contribution in [0.15, 0.2) is 30.5 Å². The summed E-state index contributed by atoms with van der Waals surface area (Å²) in [6, 6.07) is 7.51. The van der Waals surface area contributed by atoms with E-state index < -0.39 is 5.97 Å². The highest BCUT2D eigenvalue weighted by Gasteiger charge is 2.21. The molecular weight excluding hydrogens is 266 g/mol. The average molecular weight is 285 g/mol. The number of quaternary nitrogens is 1. The molecule has 5 heteroatoms. The van der Waals surface area contributed by atoms with Crippen molar-refractivity contribution in [1.82, 2.24) is 4.98 Å². The lowest BCUT2D eigenvalue weighted by Gasteiger charge is -2.33. The quantitative estimate of drug-likeness (QED) is 0.812. The van der Waals surface area contributed by atoms with Crippen LogP contribution in [0.4, 0.5) is 5.82 Å². The Morgan fingerprint density at radius 3 is 2.57 bits per heavy atom. The highest BCUT2D eigenvalue weighted by molar-refractivity contribution is 6.05. The SMILES string of the molecule is CC[NH+]1CCN(c2ncc(C(=O)[O-])c3ccccc23)CC1. The van der Waals surface area contributed by atoms with Gasteiger partial charge in [0.1, 0.15) is 5.82 Å². The van der Waals surface area contributed by atoms with Gasteiger partial charge in [0.15, 0.2) is 0 Å². The van der Waals surface area contributed by atoms with Gasteiger partial charge in [-0.2, -0.15) is 0 Å². The fourth-order valence-corrected chi connectivity index (χ4v) is 2.98. The molecule has 1 aromatic carbocycles. The molecule has 1 fully saturated rings. The minimum absolute atomic E-state index is 0.159. The van der Waals surface area contributed by atoms with Crippen LogP contribution >= 0.6 is 0 Å². The highest BCUT2D eigenvalue weighted by Crippen LogP contribution is 2.26. The standard InChI is InChI=1S/C16H19N3O2/c1-2-18-7-9-19(10-8-18)15-13-6-4-3-5-12(13)14(11-17-15)16(20)21/h3-6,11H,2,7-10H2,1H3,(H,20,21). The van der Waals surface area contributed by atoms with Crippen molar-refractivity contribution in [3.63, 3.8) is 0 Å². The molecule has 0 saturated carbocycles. The summed E-state index contributed by atoms with van der Waals surface area (Å²) in [5.41, 5.74) is 0.159. The van der Waals surface area contributed by atoms with Crippen LogP contribution in [-0.2, 0) is 0 Å². The number of rotatable bonds is 3. The average Bonchev–Trinajstić information content (AvgIpc) is 2.54.